The minimum atomic E-state index is -0.462. The van der Waals surface area contributed by atoms with E-state index in [4.69, 9.17) is 10.5 Å². The van der Waals surface area contributed by atoms with E-state index >= 15 is 0 Å². The highest BCUT2D eigenvalue weighted by atomic mass is 32.1. The van der Waals surface area contributed by atoms with E-state index in [0.29, 0.717) is 16.2 Å². The van der Waals surface area contributed by atoms with E-state index in [1.165, 1.54) is 11.3 Å². The highest BCUT2D eigenvalue weighted by Crippen LogP contribution is 2.24. The summed E-state index contributed by atoms with van der Waals surface area (Å²) in [6.45, 7) is 1.87. The van der Waals surface area contributed by atoms with Gasteiger partial charge in [-0.15, -0.1) is 11.3 Å². The van der Waals surface area contributed by atoms with Crippen LogP contribution in [0, 0.1) is 29.6 Å². The molecule has 24 heavy (non-hydrogen) atoms. The van der Waals surface area contributed by atoms with E-state index in [0.717, 1.165) is 5.69 Å². The number of fused-ring (bicyclic) bond motifs is 1. The van der Waals surface area contributed by atoms with Crippen LogP contribution in [0.2, 0.25) is 0 Å². The molecule has 0 spiro atoms. The monoisotopic (exact) mass is 335 g/mol. The van der Waals surface area contributed by atoms with Gasteiger partial charge in [0.2, 0.25) is 10.7 Å². The number of nitriles is 2. The van der Waals surface area contributed by atoms with Crippen LogP contribution < -0.4 is 11.0 Å². The maximum Gasteiger partial charge on any atom is 0.300 e. The molecule has 0 amide bonds. The Morgan fingerprint density at radius 3 is 2.83 bits per heavy atom. The number of aromatic nitrogens is 3. The molecule has 116 valence electrons. The van der Waals surface area contributed by atoms with Crippen molar-refractivity contribution in [2.75, 3.05) is 5.43 Å². The van der Waals surface area contributed by atoms with Gasteiger partial charge in [-0.2, -0.15) is 25.7 Å². The van der Waals surface area contributed by atoms with Gasteiger partial charge >= 0.3 is 5.56 Å². The first-order valence-electron chi connectivity index (χ1n) is 6.72. The molecule has 0 aliphatic carbocycles. The summed E-state index contributed by atoms with van der Waals surface area (Å²) in [5.74, 6) is 0. The third-order valence-electron chi connectivity index (χ3n) is 3.13. The molecule has 3 aromatic rings. The second-order valence-electron chi connectivity index (χ2n) is 4.68. The second-order valence-corrected chi connectivity index (χ2v) is 5.51. The molecule has 0 unspecified atom stereocenters. The van der Waals surface area contributed by atoms with Gasteiger partial charge in [-0.3, -0.25) is 10.2 Å². The number of hydrazone groups is 1. The van der Waals surface area contributed by atoms with Crippen molar-refractivity contribution in [3.05, 3.63) is 45.7 Å². The first-order valence-corrected chi connectivity index (χ1v) is 7.60. The van der Waals surface area contributed by atoms with Crippen molar-refractivity contribution in [2.45, 2.75) is 6.92 Å². The van der Waals surface area contributed by atoms with E-state index in [1.54, 1.807) is 40.9 Å². The Hall–Kier alpha value is -3.56. The van der Waals surface area contributed by atoms with Crippen LogP contribution in [0.1, 0.15) is 5.69 Å². The van der Waals surface area contributed by atoms with Gasteiger partial charge in [0.25, 0.3) is 0 Å². The van der Waals surface area contributed by atoms with Gasteiger partial charge in [0.15, 0.2) is 5.69 Å². The predicted octanol–water partition coefficient (Wildman–Crippen LogP) is 1.94. The standard InChI is InChI=1S/C15H9N7OS/c1-9-8-24-15-18-14(23)13(21-22(9)15)11-4-2-3-5-12(11)20-19-10(6-16)7-17/h2-5,8,20H,1H3. The molecule has 9 heteroatoms. The zero-order valence-corrected chi connectivity index (χ0v) is 13.2. The molecule has 8 nitrogen and oxygen atoms in total. The van der Waals surface area contributed by atoms with E-state index in [-0.39, 0.29) is 11.4 Å². The molecule has 3 rings (SSSR count). The zero-order chi connectivity index (χ0) is 17.1. The number of nitrogens with one attached hydrogen (secondary N) is 1. The predicted molar refractivity (Wildman–Crippen MR) is 89.6 cm³/mol. The number of hydrogen-bond acceptors (Lipinski definition) is 8. The van der Waals surface area contributed by atoms with Gasteiger partial charge in [-0.1, -0.05) is 18.2 Å². The van der Waals surface area contributed by atoms with Gasteiger partial charge < -0.3 is 0 Å². The molecule has 0 fully saturated rings. The van der Waals surface area contributed by atoms with Crippen LogP contribution in [0.4, 0.5) is 5.69 Å². The normalized spacial score (nSPS) is 9.96. The van der Waals surface area contributed by atoms with Crippen molar-refractivity contribution in [1.82, 2.24) is 14.6 Å². The fraction of sp³-hybridized carbons (Fsp3) is 0.0667. The van der Waals surface area contributed by atoms with Gasteiger partial charge in [-0.25, -0.2) is 4.52 Å². The van der Waals surface area contributed by atoms with Crippen LogP contribution in [0.15, 0.2) is 39.5 Å². The summed E-state index contributed by atoms with van der Waals surface area (Å²) < 4.78 is 1.59. The SMILES string of the molecule is Cc1csc2nc(=O)c(-c3ccccc3NN=C(C#N)C#N)nn12. The molecular formula is C15H9N7OS. The summed E-state index contributed by atoms with van der Waals surface area (Å²) in [4.78, 5) is 16.8. The molecule has 0 aliphatic rings. The summed E-state index contributed by atoms with van der Waals surface area (Å²) in [6.07, 6.45) is 0. The average Bonchev–Trinajstić information content (AvgIpc) is 2.95. The van der Waals surface area contributed by atoms with Crippen LogP contribution in [-0.4, -0.2) is 20.3 Å². The number of thiazole rings is 1. The van der Waals surface area contributed by atoms with Crippen molar-refractivity contribution in [2.24, 2.45) is 5.10 Å². The van der Waals surface area contributed by atoms with Gasteiger partial charge in [0, 0.05) is 10.9 Å². The molecule has 2 heterocycles. The molecule has 0 bridgehead atoms. The molecule has 0 atom stereocenters. The zero-order valence-electron chi connectivity index (χ0n) is 12.4. The van der Waals surface area contributed by atoms with Crippen molar-refractivity contribution in [3.63, 3.8) is 0 Å². The number of rotatable bonds is 3. The molecule has 1 aromatic carbocycles. The third kappa shape index (κ3) is 2.72. The van der Waals surface area contributed by atoms with E-state index in [2.05, 4.69) is 20.6 Å². The summed E-state index contributed by atoms with van der Waals surface area (Å²) in [7, 11) is 0. The summed E-state index contributed by atoms with van der Waals surface area (Å²) >= 11 is 1.34. The number of benzene rings is 1. The van der Waals surface area contributed by atoms with Crippen molar-refractivity contribution in [1.29, 1.82) is 10.5 Å². The first kappa shape index (κ1) is 15.3. The Kier molecular flexibility index (Phi) is 4.01. The third-order valence-corrected chi connectivity index (χ3v) is 4.07. The Balaban J connectivity index is 2.14. The Labute approximate surface area is 139 Å². The average molecular weight is 335 g/mol. The summed E-state index contributed by atoms with van der Waals surface area (Å²) in [6, 6.07) is 10.1. The summed E-state index contributed by atoms with van der Waals surface area (Å²) in [5.41, 5.74) is 3.79. The molecule has 0 saturated heterocycles. The molecular weight excluding hydrogens is 326 g/mol. The number of aryl methyl sites for hydroxylation is 1. The Morgan fingerprint density at radius 2 is 2.08 bits per heavy atom. The lowest BCUT2D eigenvalue weighted by Gasteiger charge is -2.07. The molecule has 0 radical (unpaired) electrons. The lowest BCUT2D eigenvalue weighted by atomic mass is 10.1. The molecule has 2 aromatic heterocycles. The largest absolute Gasteiger partial charge is 0.300 e. The summed E-state index contributed by atoms with van der Waals surface area (Å²) in [5, 5.41) is 27.4. The smallest absolute Gasteiger partial charge is 0.276 e. The molecule has 0 aliphatic heterocycles. The fourth-order valence-electron chi connectivity index (χ4n) is 2.01. The fourth-order valence-corrected chi connectivity index (χ4v) is 2.81. The van der Waals surface area contributed by atoms with Crippen LogP contribution >= 0.6 is 11.3 Å². The lowest BCUT2D eigenvalue weighted by Crippen LogP contribution is -2.15. The van der Waals surface area contributed by atoms with Crippen LogP contribution in [-0.2, 0) is 0 Å². The maximum atomic E-state index is 12.3. The highest BCUT2D eigenvalue weighted by Gasteiger charge is 2.14. The van der Waals surface area contributed by atoms with Crippen LogP contribution in [0.5, 0.6) is 0 Å². The van der Waals surface area contributed by atoms with Crippen molar-refractivity contribution < 1.29 is 0 Å². The second kappa shape index (κ2) is 6.28. The Morgan fingerprint density at radius 1 is 1.33 bits per heavy atom. The van der Waals surface area contributed by atoms with Crippen LogP contribution in [0.3, 0.4) is 0 Å². The van der Waals surface area contributed by atoms with E-state index in [9.17, 15) is 4.79 Å². The first-order chi connectivity index (χ1) is 11.6. The number of anilines is 1. The van der Waals surface area contributed by atoms with E-state index in [1.807, 2.05) is 12.3 Å². The maximum absolute atomic E-state index is 12.3. The van der Waals surface area contributed by atoms with Crippen LogP contribution in [0.25, 0.3) is 16.2 Å². The number of para-hydroxylation sites is 1. The van der Waals surface area contributed by atoms with Gasteiger partial charge in [0.1, 0.15) is 12.1 Å². The molecule has 1 N–H and O–H groups in total. The van der Waals surface area contributed by atoms with Gasteiger partial charge in [0.05, 0.1) is 11.4 Å². The minimum Gasteiger partial charge on any atom is -0.276 e. The minimum absolute atomic E-state index is 0.155. The quantitative estimate of drug-likeness (QED) is 0.577. The van der Waals surface area contributed by atoms with Gasteiger partial charge in [-0.05, 0) is 13.0 Å². The van der Waals surface area contributed by atoms with Crippen molar-refractivity contribution in [3.8, 4) is 23.4 Å². The highest BCUT2D eigenvalue weighted by molar-refractivity contribution is 7.15. The van der Waals surface area contributed by atoms with E-state index < -0.39 is 5.56 Å². The topological polar surface area (TPSA) is 119 Å². The molecule has 0 saturated carbocycles. The number of hydrogen-bond donors (Lipinski definition) is 1. The number of nitrogens with zero attached hydrogens (tertiary/aromatic N) is 6. The van der Waals surface area contributed by atoms with Crippen molar-refractivity contribution >= 4 is 27.7 Å². The lowest BCUT2D eigenvalue weighted by molar-refractivity contribution is 0.874. The Bertz CT molecular complexity index is 1080.